The molecule has 7 heteroatoms. The lowest BCUT2D eigenvalue weighted by Gasteiger charge is -2.23. The van der Waals surface area contributed by atoms with Gasteiger partial charge in [0.15, 0.2) is 0 Å². The molecule has 1 heterocycles. The maximum Gasteiger partial charge on any atom is 0.293 e. The van der Waals surface area contributed by atoms with E-state index >= 15 is 0 Å². The number of primary amides is 1. The number of nitrogens with two attached hydrogens (primary N) is 1. The summed E-state index contributed by atoms with van der Waals surface area (Å²) in [6.07, 6.45) is 2.22. The minimum absolute atomic E-state index is 0.120. The second kappa shape index (κ2) is 6.33. The van der Waals surface area contributed by atoms with Crippen molar-refractivity contribution in [2.24, 2.45) is 11.7 Å². The van der Waals surface area contributed by atoms with Crippen molar-refractivity contribution in [3.8, 4) is 0 Å². The lowest BCUT2D eigenvalue weighted by atomic mass is 9.99. The Kier molecular flexibility index (Phi) is 4.52. The van der Waals surface area contributed by atoms with Gasteiger partial charge in [-0.3, -0.25) is 14.9 Å². The fourth-order valence-electron chi connectivity index (χ4n) is 2.34. The van der Waals surface area contributed by atoms with Crippen LogP contribution in [0, 0.1) is 16.0 Å². The predicted molar refractivity (Wildman–Crippen MR) is 75.7 cm³/mol. The number of nitro benzene ring substituents is 1. The van der Waals surface area contributed by atoms with Crippen LogP contribution in [0.4, 0.5) is 11.4 Å². The van der Waals surface area contributed by atoms with Crippen molar-refractivity contribution < 1.29 is 9.72 Å². The third kappa shape index (κ3) is 3.45. The summed E-state index contributed by atoms with van der Waals surface area (Å²) in [5, 5.41) is 17.4. The molecule has 1 atom stereocenters. The van der Waals surface area contributed by atoms with Gasteiger partial charge < -0.3 is 16.4 Å². The Morgan fingerprint density at radius 2 is 2.35 bits per heavy atom. The van der Waals surface area contributed by atoms with E-state index in [9.17, 15) is 14.9 Å². The number of rotatable bonds is 5. The standard InChI is InChI=1S/C13H18N4O3/c14-13(18)10-3-4-11(12(6-10)17(19)20)16-8-9-2-1-5-15-7-9/h3-4,6,9,15-16H,1-2,5,7-8H2,(H2,14,18). The number of nitrogens with one attached hydrogen (secondary N) is 2. The van der Waals surface area contributed by atoms with Crippen molar-refractivity contribution in [2.45, 2.75) is 12.8 Å². The SMILES string of the molecule is NC(=O)c1ccc(NCC2CCCNC2)c([N+](=O)[O-])c1. The summed E-state index contributed by atoms with van der Waals surface area (Å²) in [5.41, 5.74) is 5.58. The Morgan fingerprint density at radius 3 is 2.95 bits per heavy atom. The first-order chi connectivity index (χ1) is 9.58. The van der Waals surface area contributed by atoms with Crippen molar-refractivity contribution in [2.75, 3.05) is 25.0 Å². The summed E-state index contributed by atoms with van der Waals surface area (Å²) in [7, 11) is 0. The molecule has 1 fully saturated rings. The van der Waals surface area contributed by atoms with E-state index in [4.69, 9.17) is 5.73 Å². The number of nitrogens with zero attached hydrogens (tertiary/aromatic N) is 1. The van der Waals surface area contributed by atoms with E-state index in [-0.39, 0.29) is 11.3 Å². The molecule has 0 saturated carbocycles. The summed E-state index contributed by atoms with van der Waals surface area (Å²) >= 11 is 0. The largest absolute Gasteiger partial charge is 0.379 e. The van der Waals surface area contributed by atoms with Crippen LogP contribution in [0.2, 0.25) is 0 Å². The lowest BCUT2D eigenvalue weighted by Crippen LogP contribution is -2.33. The zero-order valence-corrected chi connectivity index (χ0v) is 11.1. The van der Waals surface area contributed by atoms with Crippen LogP contribution >= 0.6 is 0 Å². The van der Waals surface area contributed by atoms with Gasteiger partial charge in [0.1, 0.15) is 5.69 Å². The van der Waals surface area contributed by atoms with E-state index < -0.39 is 10.8 Å². The third-order valence-electron chi connectivity index (χ3n) is 3.46. The van der Waals surface area contributed by atoms with Crippen molar-refractivity contribution >= 4 is 17.3 Å². The fourth-order valence-corrected chi connectivity index (χ4v) is 2.34. The third-order valence-corrected chi connectivity index (χ3v) is 3.46. The first-order valence-electron chi connectivity index (χ1n) is 6.60. The van der Waals surface area contributed by atoms with E-state index in [1.807, 2.05) is 0 Å². The summed E-state index contributed by atoms with van der Waals surface area (Å²) in [6.45, 7) is 2.62. The minimum atomic E-state index is -0.670. The van der Waals surface area contributed by atoms with Crippen LogP contribution < -0.4 is 16.4 Å². The number of nitro groups is 1. The van der Waals surface area contributed by atoms with Crippen molar-refractivity contribution in [3.05, 3.63) is 33.9 Å². The van der Waals surface area contributed by atoms with Crippen LogP contribution in [0.25, 0.3) is 0 Å². The average Bonchev–Trinajstić information content (AvgIpc) is 2.45. The zero-order chi connectivity index (χ0) is 14.5. The number of carbonyl (C=O) groups excluding carboxylic acids is 1. The molecular formula is C13H18N4O3. The Hall–Kier alpha value is -2.15. The molecule has 1 unspecified atom stereocenters. The normalized spacial score (nSPS) is 18.5. The van der Waals surface area contributed by atoms with Gasteiger partial charge in [-0.1, -0.05) is 0 Å². The molecule has 108 valence electrons. The molecule has 0 bridgehead atoms. The Labute approximate surface area is 116 Å². The van der Waals surface area contributed by atoms with Crippen LogP contribution in [0.3, 0.4) is 0 Å². The smallest absolute Gasteiger partial charge is 0.293 e. The van der Waals surface area contributed by atoms with Crippen LogP contribution in [0.1, 0.15) is 23.2 Å². The Morgan fingerprint density at radius 1 is 1.55 bits per heavy atom. The minimum Gasteiger partial charge on any atom is -0.379 e. The molecule has 1 aromatic carbocycles. The highest BCUT2D eigenvalue weighted by Gasteiger charge is 2.18. The topological polar surface area (TPSA) is 110 Å². The molecule has 7 nitrogen and oxygen atoms in total. The summed E-state index contributed by atoms with van der Waals surface area (Å²) in [5.74, 6) is -0.213. The van der Waals surface area contributed by atoms with Gasteiger partial charge >= 0.3 is 0 Å². The summed E-state index contributed by atoms with van der Waals surface area (Å²) in [6, 6.07) is 4.25. The van der Waals surface area contributed by atoms with Gasteiger partial charge in [-0.05, 0) is 44.0 Å². The molecule has 1 saturated heterocycles. The molecule has 4 N–H and O–H groups in total. The van der Waals surface area contributed by atoms with Crippen molar-refractivity contribution in [1.82, 2.24) is 5.32 Å². The van der Waals surface area contributed by atoms with E-state index in [0.29, 0.717) is 18.2 Å². The first kappa shape index (κ1) is 14.3. The maximum atomic E-state index is 11.1. The Bertz CT molecular complexity index is 512. The van der Waals surface area contributed by atoms with Gasteiger partial charge in [0.05, 0.1) is 4.92 Å². The van der Waals surface area contributed by atoms with E-state index in [0.717, 1.165) is 25.9 Å². The van der Waals surface area contributed by atoms with Crippen molar-refractivity contribution in [1.29, 1.82) is 0 Å². The highest BCUT2D eigenvalue weighted by atomic mass is 16.6. The van der Waals surface area contributed by atoms with Gasteiger partial charge in [-0.25, -0.2) is 0 Å². The van der Waals surface area contributed by atoms with Crippen LogP contribution in [0.5, 0.6) is 0 Å². The molecule has 1 aromatic rings. The highest BCUT2D eigenvalue weighted by Crippen LogP contribution is 2.26. The number of amides is 1. The molecule has 1 amide bonds. The number of hydrogen-bond donors (Lipinski definition) is 3. The van der Waals surface area contributed by atoms with Gasteiger partial charge in [0, 0.05) is 18.2 Å². The number of benzene rings is 1. The van der Waals surface area contributed by atoms with E-state index in [1.54, 1.807) is 0 Å². The van der Waals surface area contributed by atoms with Crippen LogP contribution in [-0.2, 0) is 0 Å². The molecule has 1 aliphatic heterocycles. The molecule has 0 spiro atoms. The highest BCUT2D eigenvalue weighted by molar-refractivity contribution is 5.94. The molecule has 0 aliphatic carbocycles. The number of carbonyl (C=O) groups is 1. The second-order valence-electron chi connectivity index (χ2n) is 4.95. The average molecular weight is 278 g/mol. The van der Waals surface area contributed by atoms with E-state index in [1.165, 1.54) is 18.2 Å². The van der Waals surface area contributed by atoms with Gasteiger partial charge in [-0.15, -0.1) is 0 Å². The summed E-state index contributed by atoms with van der Waals surface area (Å²) < 4.78 is 0. The van der Waals surface area contributed by atoms with Gasteiger partial charge in [0.25, 0.3) is 5.69 Å². The summed E-state index contributed by atoms with van der Waals surface area (Å²) in [4.78, 5) is 21.6. The molecule has 0 aromatic heterocycles. The second-order valence-corrected chi connectivity index (χ2v) is 4.95. The molecule has 1 aliphatic rings. The Balaban J connectivity index is 2.09. The zero-order valence-electron chi connectivity index (χ0n) is 11.1. The molecule has 20 heavy (non-hydrogen) atoms. The number of anilines is 1. The lowest BCUT2D eigenvalue weighted by molar-refractivity contribution is -0.384. The number of piperidine rings is 1. The maximum absolute atomic E-state index is 11.1. The predicted octanol–water partition coefficient (Wildman–Crippen LogP) is 1.11. The molecular weight excluding hydrogens is 260 g/mol. The van der Waals surface area contributed by atoms with Gasteiger partial charge in [0.2, 0.25) is 5.91 Å². The quantitative estimate of drug-likeness (QED) is 0.552. The molecule has 2 rings (SSSR count). The first-order valence-corrected chi connectivity index (χ1v) is 6.60. The number of hydrogen-bond acceptors (Lipinski definition) is 5. The van der Waals surface area contributed by atoms with Crippen molar-refractivity contribution in [3.63, 3.8) is 0 Å². The van der Waals surface area contributed by atoms with E-state index in [2.05, 4.69) is 10.6 Å². The molecule has 0 radical (unpaired) electrons. The van der Waals surface area contributed by atoms with Crippen LogP contribution in [-0.4, -0.2) is 30.5 Å². The fraction of sp³-hybridized carbons (Fsp3) is 0.462. The van der Waals surface area contributed by atoms with Crippen LogP contribution in [0.15, 0.2) is 18.2 Å². The van der Waals surface area contributed by atoms with Gasteiger partial charge in [-0.2, -0.15) is 0 Å². The monoisotopic (exact) mass is 278 g/mol.